The first-order valence-corrected chi connectivity index (χ1v) is 8.75. The van der Waals surface area contributed by atoms with Crippen LogP contribution in [0.2, 0.25) is 0 Å². The molecule has 2 heterocycles. The molecular formula is C18H25N3O3. The maximum atomic E-state index is 12.3. The van der Waals surface area contributed by atoms with Crippen LogP contribution in [0.25, 0.3) is 0 Å². The molecule has 2 N–H and O–H groups in total. The van der Waals surface area contributed by atoms with Crippen LogP contribution in [0.5, 0.6) is 0 Å². The van der Waals surface area contributed by atoms with Gasteiger partial charge in [0.1, 0.15) is 0 Å². The van der Waals surface area contributed by atoms with Crippen LogP contribution in [-0.4, -0.2) is 44.3 Å². The van der Waals surface area contributed by atoms with Crippen LogP contribution in [0.3, 0.4) is 0 Å². The number of fused-ring (bicyclic) bond motifs is 1. The quantitative estimate of drug-likeness (QED) is 0.781. The van der Waals surface area contributed by atoms with Crippen molar-refractivity contribution in [1.82, 2.24) is 10.6 Å². The van der Waals surface area contributed by atoms with E-state index in [9.17, 15) is 9.59 Å². The summed E-state index contributed by atoms with van der Waals surface area (Å²) in [4.78, 5) is 25.9. The Bertz CT molecular complexity index is 585. The highest BCUT2D eigenvalue weighted by Gasteiger charge is 2.23. The van der Waals surface area contributed by atoms with E-state index in [0.29, 0.717) is 25.9 Å². The number of carbonyl (C=O) groups is 2. The maximum Gasteiger partial charge on any atom is 0.314 e. The second kappa shape index (κ2) is 8.15. The van der Waals surface area contributed by atoms with Crippen LogP contribution in [0, 0.1) is 0 Å². The third kappa shape index (κ3) is 4.26. The van der Waals surface area contributed by atoms with E-state index >= 15 is 0 Å². The summed E-state index contributed by atoms with van der Waals surface area (Å²) in [5.74, 6) is 0.126. The van der Waals surface area contributed by atoms with E-state index in [1.165, 1.54) is 5.56 Å². The van der Waals surface area contributed by atoms with Gasteiger partial charge in [-0.05, 0) is 37.3 Å². The Balaban J connectivity index is 1.32. The Morgan fingerprint density at radius 3 is 2.96 bits per heavy atom. The number of amides is 3. The van der Waals surface area contributed by atoms with Crippen molar-refractivity contribution in [2.75, 3.05) is 31.1 Å². The molecule has 0 aliphatic carbocycles. The van der Waals surface area contributed by atoms with Gasteiger partial charge >= 0.3 is 6.03 Å². The summed E-state index contributed by atoms with van der Waals surface area (Å²) in [6, 6.07) is 7.85. The molecule has 1 fully saturated rings. The number of rotatable bonds is 6. The van der Waals surface area contributed by atoms with Gasteiger partial charge in [0.05, 0.1) is 6.10 Å². The molecule has 6 heteroatoms. The van der Waals surface area contributed by atoms with Gasteiger partial charge in [0, 0.05) is 38.3 Å². The zero-order valence-electron chi connectivity index (χ0n) is 13.9. The van der Waals surface area contributed by atoms with E-state index in [1.807, 2.05) is 23.1 Å². The molecule has 130 valence electrons. The SMILES string of the molecule is O=C(NCCCC(=O)N1CCc2ccccc21)NC[C@@H]1CCCO1. The highest BCUT2D eigenvalue weighted by molar-refractivity contribution is 5.95. The van der Waals surface area contributed by atoms with E-state index in [4.69, 9.17) is 4.74 Å². The lowest BCUT2D eigenvalue weighted by Crippen LogP contribution is -2.40. The number of hydrogen-bond acceptors (Lipinski definition) is 3. The first-order chi connectivity index (χ1) is 11.7. The normalized spacial score (nSPS) is 19.2. The van der Waals surface area contributed by atoms with Crippen molar-refractivity contribution in [3.63, 3.8) is 0 Å². The van der Waals surface area contributed by atoms with E-state index in [-0.39, 0.29) is 18.0 Å². The van der Waals surface area contributed by atoms with Crippen LogP contribution in [0.15, 0.2) is 24.3 Å². The zero-order chi connectivity index (χ0) is 16.8. The topological polar surface area (TPSA) is 70.7 Å². The number of anilines is 1. The predicted octanol–water partition coefficient (Wildman–Crippen LogP) is 1.83. The summed E-state index contributed by atoms with van der Waals surface area (Å²) in [7, 11) is 0. The molecule has 1 aromatic carbocycles. The first-order valence-electron chi connectivity index (χ1n) is 8.75. The molecular weight excluding hydrogens is 306 g/mol. The molecule has 2 aliphatic rings. The van der Waals surface area contributed by atoms with Gasteiger partial charge in [-0.3, -0.25) is 4.79 Å². The average Bonchev–Trinajstić information content (AvgIpc) is 3.26. The lowest BCUT2D eigenvalue weighted by Gasteiger charge is -2.17. The van der Waals surface area contributed by atoms with Crippen LogP contribution in [-0.2, 0) is 16.0 Å². The van der Waals surface area contributed by atoms with Gasteiger partial charge in [-0.25, -0.2) is 4.79 Å². The fraction of sp³-hybridized carbons (Fsp3) is 0.556. The minimum Gasteiger partial charge on any atom is -0.376 e. The second-order valence-electron chi connectivity index (χ2n) is 6.30. The van der Waals surface area contributed by atoms with Gasteiger partial charge in [0.15, 0.2) is 0 Å². The smallest absolute Gasteiger partial charge is 0.314 e. The number of ether oxygens (including phenoxy) is 1. The number of nitrogens with one attached hydrogen (secondary N) is 2. The van der Waals surface area contributed by atoms with Crippen LogP contribution >= 0.6 is 0 Å². The molecule has 0 radical (unpaired) electrons. The molecule has 3 rings (SSSR count). The fourth-order valence-electron chi connectivity index (χ4n) is 3.25. The molecule has 1 saturated heterocycles. The van der Waals surface area contributed by atoms with Crippen molar-refractivity contribution in [3.8, 4) is 0 Å². The van der Waals surface area contributed by atoms with E-state index < -0.39 is 0 Å². The zero-order valence-corrected chi connectivity index (χ0v) is 13.9. The minimum absolute atomic E-state index is 0.126. The van der Waals surface area contributed by atoms with Crippen LogP contribution in [0.1, 0.15) is 31.2 Å². The Kier molecular flexibility index (Phi) is 5.69. The lowest BCUT2D eigenvalue weighted by molar-refractivity contribution is -0.118. The third-order valence-corrected chi connectivity index (χ3v) is 4.56. The maximum absolute atomic E-state index is 12.3. The summed E-state index contributed by atoms with van der Waals surface area (Å²) in [6.07, 6.45) is 4.23. The number of benzene rings is 1. The molecule has 3 amide bonds. The van der Waals surface area contributed by atoms with Crippen molar-refractivity contribution < 1.29 is 14.3 Å². The van der Waals surface area contributed by atoms with Gasteiger partial charge in [-0.1, -0.05) is 18.2 Å². The molecule has 0 bridgehead atoms. The average molecular weight is 331 g/mol. The van der Waals surface area contributed by atoms with Crippen molar-refractivity contribution in [2.24, 2.45) is 0 Å². The Hall–Kier alpha value is -2.08. The van der Waals surface area contributed by atoms with Gasteiger partial charge in [-0.15, -0.1) is 0 Å². The van der Waals surface area contributed by atoms with Crippen LogP contribution < -0.4 is 15.5 Å². The Morgan fingerprint density at radius 2 is 2.12 bits per heavy atom. The summed E-state index contributed by atoms with van der Waals surface area (Å²) in [6.45, 7) is 2.59. The van der Waals surface area contributed by atoms with E-state index in [2.05, 4.69) is 16.7 Å². The summed E-state index contributed by atoms with van der Waals surface area (Å²) < 4.78 is 5.45. The molecule has 24 heavy (non-hydrogen) atoms. The van der Waals surface area contributed by atoms with Crippen LogP contribution in [0.4, 0.5) is 10.5 Å². The molecule has 0 unspecified atom stereocenters. The summed E-state index contributed by atoms with van der Waals surface area (Å²) in [5.41, 5.74) is 2.27. The van der Waals surface area contributed by atoms with Gasteiger partial charge in [0.2, 0.25) is 5.91 Å². The Morgan fingerprint density at radius 1 is 1.25 bits per heavy atom. The van der Waals surface area contributed by atoms with Gasteiger partial charge in [0.25, 0.3) is 0 Å². The lowest BCUT2D eigenvalue weighted by atomic mass is 10.2. The minimum atomic E-state index is -0.190. The molecule has 0 saturated carbocycles. The number of hydrogen-bond donors (Lipinski definition) is 2. The highest BCUT2D eigenvalue weighted by atomic mass is 16.5. The third-order valence-electron chi connectivity index (χ3n) is 4.56. The molecule has 1 atom stereocenters. The molecule has 0 spiro atoms. The van der Waals surface area contributed by atoms with Gasteiger partial charge < -0.3 is 20.3 Å². The molecule has 1 aromatic rings. The standard InChI is InChI=1S/C18H25N3O3/c22-17(21-11-9-14-5-1-2-7-16(14)21)8-3-10-19-18(23)20-13-15-6-4-12-24-15/h1-2,5,7,15H,3-4,6,8-13H2,(H2,19,20,23)/t15-/m0/s1. The molecule has 6 nitrogen and oxygen atoms in total. The molecule has 0 aromatic heterocycles. The summed E-state index contributed by atoms with van der Waals surface area (Å²) >= 11 is 0. The monoisotopic (exact) mass is 331 g/mol. The van der Waals surface area contributed by atoms with E-state index in [0.717, 1.165) is 38.1 Å². The largest absolute Gasteiger partial charge is 0.376 e. The number of nitrogens with zero attached hydrogens (tertiary/aromatic N) is 1. The highest BCUT2D eigenvalue weighted by Crippen LogP contribution is 2.27. The second-order valence-corrected chi connectivity index (χ2v) is 6.30. The van der Waals surface area contributed by atoms with Crippen molar-refractivity contribution in [1.29, 1.82) is 0 Å². The fourth-order valence-corrected chi connectivity index (χ4v) is 3.25. The van der Waals surface area contributed by atoms with E-state index in [1.54, 1.807) is 0 Å². The van der Waals surface area contributed by atoms with Crippen molar-refractivity contribution in [2.45, 2.75) is 38.2 Å². The molecule has 2 aliphatic heterocycles. The number of urea groups is 1. The van der Waals surface area contributed by atoms with Crippen molar-refractivity contribution in [3.05, 3.63) is 29.8 Å². The number of carbonyl (C=O) groups excluding carboxylic acids is 2. The Labute approximate surface area is 142 Å². The first kappa shape index (κ1) is 16.8. The number of para-hydroxylation sites is 1. The summed E-state index contributed by atoms with van der Waals surface area (Å²) in [5, 5.41) is 5.61. The predicted molar refractivity (Wildman–Crippen MR) is 92.1 cm³/mol. The van der Waals surface area contributed by atoms with Gasteiger partial charge in [-0.2, -0.15) is 0 Å². The van der Waals surface area contributed by atoms with Crippen molar-refractivity contribution >= 4 is 17.6 Å².